The number of nitrogen functional groups attached to an aromatic ring is 1. The zero-order chi connectivity index (χ0) is 13.9. The zero-order valence-electron chi connectivity index (χ0n) is 12.4. The maximum atomic E-state index is 5.91. The molecular formula is C15H26N4. The van der Waals surface area contributed by atoms with E-state index in [1.54, 1.807) is 0 Å². The van der Waals surface area contributed by atoms with Gasteiger partial charge in [0.05, 0.1) is 0 Å². The first-order valence-corrected chi connectivity index (χ1v) is 7.51. The number of nitrogens with zero attached hydrogens (tertiary/aromatic N) is 3. The Balaban J connectivity index is 2.19. The number of hydrogen-bond acceptors (Lipinski definition) is 4. The number of nitrogens with two attached hydrogens (primary N) is 1. The second-order valence-electron chi connectivity index (χ2n) is 5.70. The number of anilines is 2. The van der Waals surface area contributed by atoms with Gasteiger partial charge < -0.3 is 10.6 Å². The fraction of sp³-hybridized carbons (Fsp3) is 0.733. The van der Waals surface area contributed by atoms with Crippen LogP contribution in [-0.2, 0) is 6.42 Å². The van der Waals surface area contributed by atoms with Crippen molar-refractivity contribution in [2.75, 3.05) is 23.7 Å². The molecule has 0 spiro atoms. The lowest BCUT2D eigenvalue weighted by Gasteiger charge is -2.26. The van der Waals surface area contributed by atoms with Crippen molar-refractivity contribution in [2.45, 2.75) is 52.9 Å². The van der Waals surface area contributed by atoms with E-state index in [2.05, 4.69) is 35.6 Å². The van der Waals surface area contributed by atoms with Gasteiger partial charge in [-0.1, -0.05) is 20.8 Å². The molecule has 0 saturated carbocycles. The molecule has 2 N–H and O–H groups in total. The zero-order valence-corrected chi connectivity index (χ0v) is 12.4. The third-order valence-corrected chi connectivity index (χ3v) is 4.51. The normalized spacial score (nSPS) is 17.9. The van der Waals surface area contributed by atoms with Gasteiger partial charge in [0.15, 0.2) is 0 Å². The minimum Gasteiger partial charge on any atom is -0.384 e. The summed E-state index contributed by atoms with van der Waals surface area (Å²) in [6.45, 7) is 8.92. The largest absolute Gasteiger partial charge is 0.384 e. The van der Waals surface area contributed by atoms with E-state index in [1.165, 1.54) is 19.3 Å². The number of rotatable bonds is 5. The van der Waals surface area contributed by atoms with Crippen molar-refractivity contribution in [3.05, 3.63) is 11.9 Å². The highest BCUT2D eigenvalue weighted by Gasteiger charge is 2.35. The second kappa shape index (κ2) is 5.76. The van der Waals surface area contributed by atoms with Crippen LogP contribution in [-0.4, -0.2) is 23.1 Å². The highest BCUT2D eigenvalue weighted by Crippen LogP contribution is 2.38. The highest BCUT2D eigenvalue weighted by atomic mass is 15.2. The lowest BCUT2D eigenvalue weighted by Crippen LogP contribution is -2.27. The van der Waals surface area contributed by atoms with Gasteiger partial charge in [-0.05, 0) is 31.1 Å². The lowest BCUT2D eigenvalue weighted by atomic mass is 9.82. The van der Waals surface area contributed by atoms with Crippen molar-refractivity contribution in [2.24, 2.45) is 5.41 Å². The van der Waals surface area contributed by atoms with Gasteiger partial charge in [0, 0.05) is 25.6 Å². The summed E-state index contributed by atoms with van der Waals surface area (Å²) in [4.78, 5) is 11.4. The van der Waals surface area contributed by atoms with Crippen LogP contribution in [0.2, 0.25) is 0 Å². The molecule has 1 aliphatic rings. The van der Waals surface area contributed by atoms with Crippen LogP contribution in [0, 0.1) is 5.41 Å². The van der Waals surface area contributed by atoms with Crippen LogP contribution in [0.4, 0.5) is 11.6 Å². The van der Waals surface area contributed by atoms with Crippen molar-refractivity contribution in [3.63, 3.8) is 0 Å². The van der Waals surface area contributed by atoms with Crippen molar-refractivity contribution in [1.82, 2.24) is 9.97 Å². The van der Waals surface area contributed by atoms with Gasteiger partial charge in [-0.2, -0.15) is 0 Å². The van der Waals surface area contributed by atoms with Crippen molar-refractivity contribution in [1.29, 1.82) is 0 Å². The van der Waals surface area contributed by atoms with Crippen LogP contribution < -0.4 is 10.6 Å². The van der Waals surface area contributed by atoms with Gasteiger partial charge in [-0.25, -0.2) is 9.97 Å². The van der Waals surface area contributed by atoms with Crippen LogP contribution in [0.25, 0.3) is 0 Å². The standard InChI is InChI=1S/C15H26N4/c1-4-7-13-17-12(16)10-14(18-13)19-9-8-15(5-2,6-3)11-19/h10H,4-9,11H2,1-3H3,(H2,16,17,18). The molecule has 4 heteroatoms. The average molecular weight is 262 g/mol. The van der Waals surface area contributed by atoms with Crippen LogP contribution >= 0.6 is 0 Å². The van der Waals surface area contributed by atoms with Crippen LogP contribution in [0.15, 0.2) is 6.07 Å². The fourth-order valence-electron chi connectivity index (χ4n) is 2.96. The smallest absolute Gasteiger partial charge is 0.134 e. The Morgan fingerprint density at radius 1 is 1.26 bits per heavy atom. The summed E-state index contributed by atoms with van der Waals surface area (Å²) in [7, 11) is 0. The Morgan fingerprint density at radius 3 is 2.58 bits per heavy atom. The van der Waals surface area contributed by atoms with Gasteiger partial charge >= 0.3 is 0 Å². The predicted octanol–water partition coefficient (Wildman–Crippen LogP) is 3.03. The lowest BCUT2D eigenvalue weighted by molar-refractivity contribution is 0.301. The predicted molar refractivity (Wildman–Crippen MR) is 80.3 cm³/mol. The Kier molecular flexibility index (Phi) is 4.27. The minimum atomic E-state index is 0.463. The summed E-state index contributed by atoms with van der Waals surface area (Å²) < 4.78 is 0. The Hall–Kier alpha value is -1.32. The molecule has 1 aromatic heterocycles. The summed E-state index contributed by atoms with van der Waals surface area (Å²) >= 11 is 0. The molecule has 0 aliphatic carbocycles. The van der Waals surface area contributed by atoms with E-state index >= 15 is 0 Å². The molecular weight excluding hydrogens is 236 g/mol. The van der Waals surface area contributed by atoms with Crippen molar-refractivity contribution < 1.29 is 0 Å². The summed E-state index contributed by atoms with van der Waals surface area (Å²) in [5, 5.41) is 0. The summed E-state index contributed by atoms with van der Waals surface area (Å²) in [6.07, 6.45) is 5.69. The number of aromatic nitrogens is 2. The maximum absolute atomic E-state index is 5.91. The van der Waals surface area contributed by atoms with E-state index in [4.69, 9.17) is 5.73 Å². The molecule has 0 amide bonds. The highest BCUT2D eigenvalue weighted by molar-refractivity contribution is 5.48. The minimum absolute atomic E-state index is 0.463. The Morgan fingerprint density at radius 2 is 2.00 bits per heavy atom. The molecule has 1 saturated heterocycles. The first kappa shape index (κ1) is 14.1. The molecule has 1 aromatic rings. The van der Waals surface area contributed by atoms with Gasteiger partial charge in [0.2, 0.25) is 0 Å². The van der Waals surface area contributed by atoms with E-state index in [0.29, 0.717) is 11.2 Å². The molecule has 2 heterocycles. The first-order chi connectivity index (χ1) is 9.12. The molecule has 4 nitrogen and oxygen atoms in total. The number of hydrogen-bond donors (Lipinski definition) is 1. The average Bonchev–Trinajstić information content (AvgIpc) is 2.84. The Labute approximate surface area is 116 Å². The SMILES string of the molecule is CCCc1nc(N)cc(N2CCC(CC)(CC)C2)n1. The van der Waals surface area contributed by atoms with E-state index in [-0.39, 0.29) is 0 Å². The number of aryl methyl sites for hydroxylation is 1. The monoisotopic (exact) mass is 262 g/mol. The molecule has 2 rings (SSSR count). The van der Waals surface area contributed by atoms with E-state index < -0.39 is 0 Å². The third kappa shape index (κ3) is 2.99. The van der Waals surface area contributed by atoms with Gasteiger partial charge in [0.1, 0.15) is 17.5 Å². The van der Waals surface area contributed by atoms with Crippen molar-refractivity contribution >= 4 is 11.6 Å². The molecule has 0 bridgehead atoms. The molecule has 0 radical (unpaired) electrons. The van der Waals surface area contributed by atoms with E-state index in [1.807, 2.05) is 6.07 Å². The van der Waals surface area contributed by atoms with Crippen LogP contribution in [0.1, 0.15) is 52.3 Å². The second-order valence-corrected chi connectivity index (χ2v) is 5.70. The molecule has 1 fully saturated rings. The van der Waals surface area contributed by atoms with E-state index in [0.717, 1.165) is 37.6 Å². The van der Waals surface area contributed by atoms with Gasteiger partial charge in [-0.3, -0.25) is 0 Å². The molecule has 106 valence electrons. The molecule has 0 unspecified atom stereocenters. The van der Waals surface area contributed by atoms with Crippen LogP contribution in [0.5, 0.6) is 0 Å². The quantitative estimate of drug-likeness (QED) is 0.886. The molecule has 0 atom stereocenters. The molecule has 0 aromatic carbocycles. The summed E-state index contributed by atoms with van der Waals surface area (Å²) in [5.74, 6) is 2.49. The molecule has 19 heavy (non-hydrogen) atoms. The maximum Gasteiger partial charge on any atom is 0.134 e. The first-order valence-electron chi connectivity index (χ1n) is 7.51. The topological polar surface area (TPSA) is 55.0 Å². The van der Waals surface area contributed by atoms with E-state index in [9.17, 15) is 0 Å². The Bertz CT molecular complexity index is 426. The van der Waals surface area contributed by atoms with Gasteiger partial charge in [0.25, 0.3) is 0 Å². The summed E-state index contributed by atoms with van der Waals surface area (Å²) in [5.41, 5.74) is 6.38. The van der Waals surface area contributed by atoms with Crippen LogP contribution in [0.3, 0.4) is 0 Å². The summed E-state index contributed by atoms with van der Waals surface area (Å²) in [6, 6.07) is 1.92. The third-order valence-electron chi connectivity index (χ3n) is 4.51. The van der Waals surface area contributed by atoms with Gasteiger partial charge in [-0.15, -0.1) is 0 Å². The van der Waals surface area contributed by atoms with Crippen molar-refractivity contribution in [3.8, 4) is 0 Å². The molecule has 1 aliphatic heterocycles. The fourth-order valence-corrected chi connectivity index (χ4v) is 2.96.